The zero-order chi connectivity index (χ0) is 22.9. The maximum Gasteiger partial charge on any atom is 0.335 e. The molecule has 2 aromatic carbocycles. The molecule has 3 aromatic rings. The number of oxazole rings is 1. The smallest absolute Gasteiger partial charge is 0.335 e. The molecule has 0 aliphatic carbocycles. The maximum atomic E-state index is 12.1. The Morgan fingerprint density at radius 3 is 2.66 bits per heavy atom. The molecule has 32 heavy (non-hydrogen) atoms. The molecule has 0 radical (unpaired) electrons. The Hall–Kier alpha value is -3.32. The number of hydrogen-bond donors (Lipinski definition) is 0. The quantitative estimate of drug-likeness (QED) is 0.399. The van der Waals surface area contributed by atoms with Gasteiger partial charge in [0.05, 0.1) is 13.7 Å². The number of benzene rings is 2. The molecule has 1 unspecified atom stereocenters. The number of hydrogen-bond acceptors (Lipinski definition) is 7. The summed E-state index contributed by atoms with van der Waals surface area (Å²) in [6.07, 6.45) is 1.42. The highest BCUT2D eigenvalue weighted by molar-refractivity contribution is 5.75. The lowest BCUT2D eigenvalue weighted by molar-refractivity contribution is -0.156. The molecule has 0 amide bonds. The van der Waals surface area contributed by atoms with Gasteiger partial charge in [-0.1, -0.05) is 12.1 Å². The first-order chi connectivity index (χ1) is 15.5. The minimum absolute atomic E-state index is 0.274. The first kappa shape index (κ1) is 23.3. The summed E-state index contributed by atoms with van der Waals surface area (Å²) in [7, 11) is 1.62. The van der Waals surface area contributed by atoms with Crippen LogP contribution >= 0.6 is 0 Å². The van der Waals surface area contributed by atoms with Gasteiger partial charge in [-0.15, -0.1) is 0 Å². The topological polar surface area (TPSA) is 80.0 Å². The Morgan fingerprint density at radius 1 is 1.09 bits per heavy atom. The van der Waals surface area contributed by atoms with Gasteiger partial charge < -0.3 is 23.4 Å². The highest BCUT2D eigenvalue weighted by Gasteiger charge is 2.21. The molecule has 0 spiro atoms. The van der Waals surface area contributed by atoms with E-state index in [9.17, 15) is 4.79 Å². The summed E-state index contributed by atoms with van der Waals surface area (Å²) in [6, 6.07) is 13.3. The Kier molecular flexibility index (Phi) is 8.27. The Morgan fingerprint density at radius 2 is 1.94 bits per heavy atom. The van der Waals surface area contributed by atoms with E-state index in [0.29, 0.717) is 37.0 Å². The molecule has 1 heterocycles. The van der Waals surface area contributed by atoms with Crippen LogP contribution in [0.2, 0.25) is 0 Å². The molecule has 7 heteroatoms. The van der Waals surface area contributed by atoms with Crippen molar-refractivity contribution in [1.82, 2.24) is 4.98 Å². The number of carbonyl (C=O) groups excluding carboxylic acids is 1. The number of rotatable bonds is 11. The van der Waals surface area contributed by atoms with Crippen LogP contribution in [0, 0.1) is 6.92 Å². The van der Waals surface area contributed by atoms with E-state index >= 15 is 0 Å². The summed E-state index contributed by atoms with van der Waals surface area (Å²) >= 11 is 0. The van der Waals surface area contributed by atoms with Crippen molar-refractivity contribution >= 4 is 5.97 Å². The largest absolute Gasteiger partial charge is 0.497 e. The summed E-state index contributed by atoms with van der Waals surface area (Å²) in [5.74, 6) is 1.62. The van der Waals surface area contributed by atoms with E-state index in [2.05, 4.69) is 4.98 Å². The van der Waals surface area contributed by atoms with Crippen LogP contribution in [-0.2, 0) is 27.3 Å². The van der Waals surface area contributed by atoms with Gasteiger partial charge >= 0.3 is 5.97 Å². The first-order valence-electron chi connectivity index (χ1n) is 10.6. The van der Waals surface area contributed by atoms with Crippen molar-refractivity contribution in [3.8, 4) is 23.0 Å². The van der Waals surface area contributed by atoms with Crippen molar-refractivity contribution in [2.45, 2.75) is 39.9 Å². The van der Waals surface area contributed by atoms with E-state index < -0.39 is 6.10 Å². The standard InChI is InChI=1S/C25H29NO6/c1-5-29-23(25(27)30-6-2)14-18-10-11-22(12-17(18)3)31-15-20-16-32-24(26-20)19-8-7-9-21(13-19)28-4/h7-13,16,23H,5-6,14-15H2,1-4H3. The molecule has 1 atom stereocenters. The fourth-order valence-electron chi connectivity index (χ4n) is 3.25. The summed E-state index contributed by atoms with van der Waals surface area (Å²) in [5, 5.41) is 0. The third-order valence-electron chi connectivity index (χ3n) is 4.89. The number of ether oxygens (including phenoxy) is 4. The Bertz CT molecular complexity index is 1030. The maximum absolute atomic E-state index is 12.1. The van der Waals surface area contributed by atoms with Gasteiger partial charge in [0.2, 0.25) is 5.89 Å². The zero-order valence-electron chi connectivity index (χ0n) is 18.9. The second kappa shape index (κ2) is 11.3. The molecule has 3 rings (SSSR count). The third-order valence-corrected chi connectivity index (χ3v) is 4.89. The van der Waals surface area contributed by atoms with Crippen LogP contribution in [0.1, 0.15) is 30.7 Å². The molecule has 0 fully saturated rings. The van der Waals surface area contributed by atoms with Crippen LogP contribution in [0.3, 0.4) is 0 Å². The molecule has 0 saturated heterocycles. The van der Waals surface area contributed by atoms with E-state index in [1.54, 1.807) is 20.3 Å². The zero-order valence-corrected chi connectivity index (χ0v) is 18.9. The predicted octanol–water partition coefficient (Wildman–Crippen LogP) is 4.75. The summed E-state index contributed by atoms with van der Waals surface area (Å²) < 4.78 is 27.4. The Labute approximate surface area is 188 Å². The first-order valence-corrected chi connectivity index (χ1v) is 10.6. The number of aryl methyl sites for hydroxylation is 1. The molecule has 0 saturated carbocycles. The average Bonchev–Trinajstić information content (AvgIpc) is 3.28. The number of carbonyl (C=O) groups is 1. The molecule has 7 nitrogen and oxygen atoms in total. The van der Waals surface area contributed by atoms with E-state index in [1.165, 1.54) is 0 Å². The number of aromatic nitrogens is 1. The van der Waals surface area contributed by atoms with Crippen LogP contribution in [0.15, 0.2) is 53.1 Å². The van der Waals surface area contributed by atoms with Crippen molar-refractivity contribution in [3.63, 3.8) is 0 Å². The lowest BCUT2D eigenvalue weighted by atomic mass is 10.0. The second-order valence-electron chi connectivity index (χ2n) is 7.15. The highest BCUT2D eigenvalue weighted by atomic mass is 16.6. The van der Waals surface area contributed by atoms with E-state index in [4.69, 9.17) is 23.4 Å². The molecule has 0 aliphatic heterocycles. The molecule has 170 valence electrons. The van der Waals surface area contributed by atoms with Gasteiger partial charge in [-0.2, -0.15) is 0 Å². The fraction of sp³-hybridized carbons (Fsp3) is 0.360. The molecule has 1 aromatic heterocycles. The lowest BCUT2D eigenvalue weighted by Crippen LogP contribution is -2.29. The van der Waals surface area contributed by atoms with E-state index in [0.717, 1.165) is 22.4 Å². The van der Waals surface area contributed by atoms with Crippen LogP contribution < -0.4 is 9.47 Å². The second-order valence-corrected chi connectivity index (χ2v) is 7.15. The van der Waals surface area contributed by atoms with Crippen LogP contribution in [0.4, 0.5) is 0 Å². The minimum atomic E-state index is -0.615. The normalized spacial score (nSPS) is 11.8. The van der Waals surface area contributed by atoms with E-state index in [1.807, 2.05) is 56.3 Å². The van der Waals surface area contributed by atoms with Crippen molar-refractivity contribution in [3.05, 3.63) is 65.5 Å². The van der Waals surface area contributed by atoms with E-state index in [-0.39, 0.29) is 12.6 Å². The highest BCUT2D eigenvalue weighted by Crippen LogP contribution is 2.24. The molecular formula is C25H29NO6. The molecule has 0 N–H and O–H groups in total. The molecule has 0 bridgehead atoms. The summed E-state index contributed by atoms with van der Waals surface area (Å²) in [6.45, 7) is 6.67. The van der Waals surface area contributed by atoms with Gasteiger partial charge in [0.15, 0.2) is 6.10 Å². The van der Waals surface area contributed by atoms with Crippen molar-refractivity contribution in [2.24, 2.45) is 0 Å². The van der Waals surface area contributed by atoms with Gasteiger partial charge in [0.25, 0.3) is 0 Å². The van der Waals surface area contributed by atoms with Gasteiger partial charge in [0.1, 0.15) is 30.1 Å². The van der Waals surface area contributed by atoms with Gasteiger partial charge in [-0.25, -0.2) is 9.78 Å². The lowest BCUT2D eigenvalue weighted by Gasteiger charge is -2.17. The number of nitrogens with zero attached hydrogens (tertiary/aromatic N) is 1. The van der Waals surface area contributed by atoms with Crippen LogP contribution in [-0.4, -0.2) is 37.4 Å². The number of methoxy groups -OCH3 is 1. The van der Waals surface area contributed by atoms with Crippen molar-refractivity contribution in [1.29, 1.82) is 0 Å². The van der Waals surface area contributed by atoms with Crippen LogP contribution in [0.5, 0.6) is 11.5 Å². The SMILES string of the molecule is CCOC(=O)C(Cc1ccc(OCc2coc(-c3cccc(OC)c3)n2)cc1C)OCC. The third kappa shape index (κ3) is 6.11. The number of esters is 1. The van der Waals surface area contributed by atoms with Crippen molar-refractivity contribution < 1.29 is 28.2 Å². The summed E-state index contributed by atoms with van der Waals surface area (Å²) in [5.41, 5.74) is 3.53. The molecule has 0 aliphatic rings. The average molecular weight is 440 g/mol. The Balaban J connectivity index is 1.62. The minimum Gasteiger partial charge on any atom is -0.497 e. The van der Waals surface area contributed by atoms with Gasteiger partial charge in [0, 0.05) is 18.6 Å². The van der Waals surface area contributed by atoms with Gasteiger partial charge in [-0.05, 0) is 62.2 Å². The predicted molar refractivity (Wildman–Crippen MR) is 120 cm³/mol. The van der Waals surface area contributed by atoms with Crippen LogP contribution in [0.25, 0.3) is 11.5 Å². The monoisotopic (exact) mass is 439 g/mol. The molecular weight excluding hydrogens is 410 g/mol. The fourth-order valence-corrected chi connectivity index (χ4v) is 3.25. The van der Waals surface area contributed by atoms with Crippen molar-refractivity contribution in [2.75, 3.05) is 20.3 Å². The van der Waals surface area contributed by atoms with Gasteiger partial charge in [-0.3, -0.25) is 0 Å². The summed E-state index contributed by atoms with van der Waals surface area (Å²) in [4.78, 5) is 16.6.